The summed E-state index contributed by atoms with van der Waals surface area (Å²) in [6, 6.07) is 4.17. The number of amides is 1. The van der Waals surface area contributed by atoms with E-state index in [-0.39, 0.29) is 22.1 Å². The van der Waals surface area contributed by atoms with Gasteiger partial charge >= 0.3 is 5.97 Å². The molecule has 0 bridgehead atoms. The van der Waals surface area contributed by atoms with Crippen LogP contribution in [0.2, 0.25) is 0 Å². The van der Waals surface area contributed by atoms with Crippen molar-refractivity contribution in [3.05, 3.63) is 41.3 Å². The van der Waals surface area contributed by atoms with Crippen molar-refractivity contribution >= 4 is 21.9 Å². The molecule has 138 valence electrons. The molecule has 1 aromatic carbocycles. The van der Waals surface area contributed by atoms with Crippen LogP contribution in [0.3, 0.4) is 0 Å². The number of nitrogens with zero attached hydrogens (tertiary/aromatic N) is 2. The molecular weight excluding hydrogens is 364 g/mol. The number of aromatic nitrogens is 1. The van der Waals surface area contributed by atoms with E-state index in [4.69, 9.17) is 9.47 Å². The maximum atomic E-state index is 12.8. The lowest BCUT2D eigenvalue weighted by molar-refractivity contribution is 0.0318. The number of rotatable bonds is 5. The number of sulfonamides is 1. The highest BCUT2D eigenvalue weighted by molar-refractivity contribution is 7.90. The smallest absolute Gasteiger partial charge is 0.378 e. The minimum Gasteiger partial charge on any atom is -0.497 e. The third kappa shape index (κ3) is 2.81. The van der Waals surface area contributed by atoms with Crippen LogP contribution in [-0.4, -0.2) is 43.6 Å². The lowest BCUT2D eigenvalue weighted by atomic mass is 9.96. The summed E-state index contributed by atoms with van der Waals surface area (Å²) in [4.78, 5) is 24.4. The molecule has 10 heteroatoms. The molecule has 9 nitrogen and oxygen atoms in total. The topological polar surface area (TPSA) is 116 Å². The standard InChI is InChI=1S/C16H16N2O7S/c1-9(2)11-6-10(23-3)7-13-14(11)15(19)18(26(13,21)22)8-24-16(20)12-4-5-17-25-12/h4-7,9H,8H2,1-3H3. The predicted molar refractivity (Wildman–Crippen MR) is 87.2 cm³/mol. The molecular formula is C16H16N2O7S. The Morgan fingerprint density at radius 1 is 1.35 bits per heavy atom. The van der Waals surface area contributed by atoms with Crippen molar-refractivity contribution in [2.45, 2.75) is 24.7 Å². The quantitative estimate of drug-likeness (QED) is 0.721. The SMILES string of the molecule is COc1cc(C(C)C)c2c(c1)S(=O)(=O)N(COC(=O)c1ccno1)C2=O. The van der Waals surface area contributed by atoms with Crippen LogP contribution < -0.4 is 4.74 Å². The van der Waals surface area contributed by atoms with E-state index in [0.717, 1.165) is 0 Å². The highest BCUT2D eigenvalue weighted by atomic mass is 32.2. The van der Waals surface area contributed by atoms with Crippen molar-refractivity contribution < 1.29 is 32.0 Å². The van der Waals surface area contributed by atoms with E-state index in [2.05, 4.69) is 9.68 Å². The highest BCUT2D eigenvalue weighted by Crippen LogP contribution is 2.38. The molecule has 3 rings (SSSR count). The minimum absolute atomic E-state index is 0.0662. The van der Waals surface area contributed by atoms with Crippen molar-refractivity contribution in [2.75, 3.05) is 13.8 Å². The Morgan fingerprint density at radius 2 is 2.08 bits per heavy atom. The van der Waals surface area contributed by atoms with Gasteiger partial charge in [-0.3, -0.25) is 4.79 Å². The number of esters is 1. The zero-order valence-electron chi connectivity index (χ0n) is 14.3. The fraction of sp³-hybridized carbons (Fsp3) is 0.312. The lowest BCUT2D eigenvalue weighted by Crippen LogP contribution is -2.33. The van der Waals surface area contributed by atoms with Crippen LogP contribution in [0.4, 0.5) is 0 Å². The second-order valence-corrected chi connectivity index (χ2v) is 7.67. The third-order valence-electron chi connectivity index (χ3n) is 3.92. The molecule has 2 heterocycles. The van der Waals surface area contributed by atoms with Crippen molar-refractivity contribution in [3.8, 4) is 5.75 Å². The zero-order valence-corrected chi connectivity index (χ0v) is 15.1. The molecule has 1 aliphatic rings. The second kappa shape index (κ2) is 6.45. The number of carbonyl (C=O) groups is 2. The summed E-state index contributed by atoms with van der Waals surface area (Å²) in [5.41, 5.74) is 0.605. The van der Waals surface area contributed by atoms with E-state index in [1.54, 1.807) is 6.07 Å². The van der Waals surface area contributed by atoms with Crippen molar-refractivity contribution in [3.63, 3.8) is 0 Å². The second-order valence-electron chi connectivity index (χ2n) is 5.84. The maximum Gasteiger partial charge on any atom is 0.378 e. The first-order chi connectivity index (χ1) is 12.3. The average molecular weight is 380 g/mol. The van der Waals surface area contributed by atoms with E-state index >= 15 is 0 Å². The Morgan fingerprint density at radius 3 is 2.65 bits per heavy atom. The molecule has 0 radical (unpaired) electrons. The van der Waals surface area contributed by atoms with Crippen molar-refractivity contribution in [1.82, 2.24) is 9.46 Å². The summed E-state index contributed by atoms with van der Waals surface area (Å²) in [6.07, 6.45) is 1.24. The lowest BCUT2D eigenvalue weighted by Gasteiger charge is -2.14. The first kappa shape index (κ1) is 17.9. The van der Waals surface area contributed by atoms with Crippen molar-refractivity contribution in [1.29, 1.82) is 0 Å². The van der Waals surface area contributed by atoms with Gasteiger partial charge in [0.15, 0.2) is 6.73 Å². The predicted octanol–water partition coefficient (Wildman–Crippen LogP) is 1.77. The van der Waals surface area contributed by atoms with Crippen LogP contribution >= 0.6 is 0 Å². The normalized spacial score (nSPS) is 15.2. The van der Waals surface area contributed by atoms with Gasteiger partial charge in [0, 0.05) is 12.1 Å². The number of hydrogen-bond acceptors (Lipinski definition) is 8. The Kier molecular flexibility index (Phi) is 4.45. The van der Waals surface area contributed by atoms with Crippen LogP contribution in [0, 0.1) is 0 Å². The van der Waals surface area contributed by atoms with Gasteiger partial charge in [0.2, 0.25) is 5.76 Å². The molecule has 2 aromatic rings. The average Bonchev–Trinajstić information content (AvgIpc) is 3.19. The van der Waals surface area contributed by atoms with E-state index in [9.17, 15) is 18.0 Å². The molecule has 0 atom stereocenters. The number of methoxy groups -OCH3 is 1. The number of hydrogen-bond donors (Lipinski definition) is 0. The molecule has 0 N–H and O–H groups in total. The summed E-state index contributed by atoms with van der Waals surface area (Å²) in [7, 11) is -2.76. The molecule has 0 fully saturated rings. The molecule has 26 heavy (non-hydrogen) atoms. The number of ether oxygens (including phenoxy) is 2. The van der Waals surface area contributed by atoms with E-state index in [1.807, 2.05) is 13.8 Å². The Labute approximate surface area is 149 Å². The Bertz CT molecular complexity index is 965. The third-order valence-corrected chi connectivity index (χ3v) is 5.65. The Hall–Kier alpha value is -2.88. The fourth-order valence-electron chi connectivity index (χ4n) is 2.61. The number of carbonyl (C=O) groups excluding carboxylic acids is 2. The largest absolute Gasteiger partial charge is 0.497 e. The molecule has 1 aliphatic heterocycles. The van der Waals surface area contributed by atoms with Gasteiger partial charge in [0.25, 0.3) is 15.9 Å². The molecule has 0 aliphatic carbocycles. The molecule has 1 amide bonds. The summed E-state index contributed by atoms with van der Waals surface area (Å²) >= 11 is 0. The van der Waals surface area contributed by atoms with Crippen molar-refractivity contribution in [2.24, 2.45) is 0 Å². The van der Waals surface area contributed by atoms with Gasteiger partial charge in [0.1, 0.15) is 10.6 Å². The van der Waals surface area contributed by atoms with Crippen LogP contribution in [0.25, 0.3) is 0 Å². The highest BCUT2D eigenvalue weighted by Gasteiger charge is 2.44. The molecule has 0 saturated carbocycles. The molecule has 0 saturated heterocycles. The summed E-state index contributed by atoms with van der Waals surface area (Å²) in [6.45, 7) is 2.90. The van der Waals surface area contributed by atoms with Gasteiger partial charge < -0.3 is 14.0 Å². The minimum atomic E-state index is -4.17. The van der Waals surface area contributed by atoms with Gasteiger partial charge in [0.05, 0.1) is 18.9 Å². The fourth-order valence-corrected chi connectivity index (χ4v) is 4.07. The van der Waals surface area contributed by atoms with Crippen LogP contribution in [0.1, 0.15) is 46.2 Å². The van der Waals surface area contributed by atoms with Gasteiger partial charge in [-0.1, -0.05) is 19.0 Å². The zero-order chi connectivity index (χ0) is 19.1. The summed E-state index contributed by atoms with van der Waals surface area (Å²) in [5, 5.41) is 3.36. The first-order valence-corrected chi connectivity index (χ1v) is 9.08. The van der Waals surface area contributed by atoms with E-state index < -0.39 is 28.6 Å². The molecule has 0 unspecified atom stereocenters. The number of fused-ring (bicyclic) bond motifs is 1. The van der Waals surface area contributed by atoms with Crippen LogP contribution in [0.5, 0.6) is 5.75 Å². The van der Waals surface area contributed by atoms with Crippen LogP contribution in [-0.2, 0) is 14.8 Å². The first-order valence-electron chi connectivity index (χ1n) is 7.64. The molecule has 0 spiro atoms. The van der Waals surface area contributed by atoms with Gasteiger partial charge in [-0.15, -0.1) is 0 Å². The Balaban J connectivity index is 1.96. The van der Waals surface area contributed by atoms with Gasteiger partial charge in [-0.25, -0.2) is 13.2 Å². The van der Waals surface area contributed by atoms with Gasteiger partial charge in [-0.05, 0) is 17.5 Å². The van der Waals surface area contributed by atoms with Gasteiger partial charge in [-0.2, -0.15) is 4.31 Å². The monoisotopic (exact) mass is 380 g/mol. The van der Waals surface area contributed by atoms with E-state index in [0.29, 0.717) is 15.6 Å². The van der Waals surface area contributed by atoms with Crippen LogP contribution in [0.15, 0.2) is 33.8 Å². The molecule has 1 aromatic heterocycles. The maximum absolute atomic E-state index is 12.8. The summed E-state index contributed by atoms with van der Waals surface area (Å²) in [5.74, 6) is -1.67. The van der Waals surface area contributed by atoms with E-state index in [1.165, 1.54) is 25.4 Å². The summed E-state index contributed by atoms with van der Waals surface area (Å²) < 4.78 is 40.7. The number of benzene rings is 1.